The molecule has 1 atom stereocenters. The largest absolute Gasteiger partial charge is 0.452 e. The summed E-state index contributed by atoms with van der Waals surface area (Å²) >= 11 is 0. The fraction of sp³-hybridized carbons (Fsp3) is 0.438. The first-order chi connectivity index (χ1) is 11.3. The SMILES string of the molecule is Cc1cc(C(=O)OCC(=O)N[C@@](C)(C#N)C2CC2)ccc1[N+](=O)[O-]. The Morgan fingerprint density at radius 3 is 2.67 bits per heavy atom. The van der Waals surface area contributed by atoms with Crippen molar-refractivity contribution in [2.45, 2.75) is 32.2 Å². The Morgan fingerprint density at radius 1 is 1.50 bits per heavy atom. The van der Waals surface area contributed by atoms with Crippen LogP contribution in [0.3, 0.4) is 0 Å². The maximum atomic E-state index is 11.9. The molecule has 1 aromatic carbocycles. The number of hydrogen-bond acceptors (Lipinski definition) is 6. The van der Waals surface area contributed by atoms with Gasteiger partial charge in [0, 0.05) is 11.6 Å². The topological polar surface area (TPSA) is 122 Å². The molecule has 2 rings (SSSR count). The van der Waals surface area contributed by atoms with Crippen molar-refractivity contribution in [3.8, 4) is 6.07 Å². The molecular formula is C16H17N3O5. The van der Waals surface area contributed by atoms with Gasteiger partial charge in [-0.3, -0.25) is 14.9 Å². The lowest BCUT2D eigenvalue weighted by Gasteiger charge is -2.22. The summed E-state index contributed by atoms with van der Waals surface area (Å²) in [7, 11) is 0. The maximum absolute atomic E-state index is 11.9. The van der Waals surface area contributed by atoms with Crippen LogP contribution < -0.4 is 5.32 Å². The molecule has 24 heavy (non-hydrogen) atoms. The predicted octanol–water partition coefficient (Wildman–Crippen LogP) is 1.87. The van der Waals surface area contributed by atoms with Crippen LogP contribution in [-0.2, 0) is 9.53 Å². The molecule has 1 aromatic rings. The lowest BCUT2D eigenvalue weighted by Crippen LogP contribution is -2.48. The molecule has 0 bridgehead atoms. The molecule has 0 saturated heterocycles. The van der Waals surface area contributed by atoms with Crippen LogP contribution >= 0.6 is 0 Å². The van der Waals surface area contributed by atoms with Crippen LogP contribution in [0.1, 0.15) is 35.7 Å². The summed E-state index contributed by atoms with van der Waals surface area (Å²) in [6.07, 6.45) is 1.76. The minimum Gasteiger partial charge on any atom is -0.452 e. The summed E-state index contributed by atoms with van der Waals surface area (Å²) in [5.41, 5.74) is -0.604. The number of nitro groups is 1. The number of nitro benzene ring substituents is 1. The first-order valence-corrected chi connectivity index (χ1v) is 7.41. The molecule has 0 heterocycles. The highest BCUT2D eigenvalue weighted by Crippen LogP contribution is 2.39. The maximum Gasteiger partial charge on any atom is 0.338 e. The predicted molar refractivity (Wildman–Crippen MR) is 83.0 cm³/mol. The van der Waals surface area contributed by atoms with Gasteiger partial charge < -0.3 is 10.1 Å². The van der Waals surface area contributed by atoms with Crippen LogP contribution in [-0.4, -0.2) is 28.9 Å². The number of carbonyl (C=O) groups is 2. The van der Waals surface area contributed by atoms with E-state index in [-0.39, 0.29) is 17.2 Å². The molecule has 0 spiro atoms. The third-order valence-electron chi connectivity index (χ3n) is 3.99. The highest BCUT2D eigenvalue weighted by Gasteiger charge is 2.43. The van der Waals surface area contributed by atoms with E-state index in [0.29, 0.717) is 5.56 Å². The number of ether oxygens (including phenoxy) is 1. The Hall–Kier alpha value is -2.95. The third-order valence-corrected chi connectivity index (χ3v) is 3.99. The van der Waals surface area contributed by atoms with Crippen molar-refractivity contribution in [3.05, 3.63) is 39.4 Å². The Morgan fingerprint density at radius 2 is 2.17 bits per heavy atom. The zero-order chi connectivity index (χ0) is 17.9. The molecule has 0 unspecified atom stereocenters. The number of carbonyl (C=O) groups excluding carboxylic acids is 2. The van der Waals surface area contributed by atoms with Crippen molar-refractivity contribution in [1.82, 2.24) is 5.32 Å². The van der Waals surface area contributed by atoms with E-state index in [4.69, 9.17) is 4.74 Å². The molecular weight excluding hydrogens is 314 g/mol. The number of nitrogens with one attached hydrogen (secondary N) is 1. The third kappa shape index (κ3) is 3.87. The van der Waals surface area contributed by atoms with E-state index in [0.717, 1.165) is 12.8 Å². The Bertz CT molecular complexity index is 736. The summed E-state index contributed by atoms with van der Waals surface area (Å²) in [6, 6.07) is 5.90. The Kier molecular flexibility index (Phi) is 4.83. The quantitative estimate of drug-likeness (QED) is 0.482. The van der Waals surface area contributed by atoms with E-state index in [9.17, 15) is 25.0 Å². The smallest absolute Gasteiger partial charge is 0.338 e. The first-order valence-electron chi connectivity index (χ1n) is 7.41. The minimum absolute atomic E-state index is 0.0986. The number of esters is 1. The average Bonchev–Trinajstić information content (AvgIpc) is 3.37. The van der Waals surface area contributed by atoms with Gasteiger partial charge in [0.2, 0.25) is 0 Å². The van der Waals surface area contributed by atoms with Crippen LogP contribution in [0.25, 0.3) is 0 Å². The van der Waals surface area contributed by atoms with Crippen molar-refractivity contribution in [2.24, 2.45) is 5.92 Å². The lowest BCUT2D eigenvalue weighted by atomic mass is 9.98. The van der Waals surface area contributed by atoms with E-state index < -0.39 is 28.9 Å². The van der Waals surface area contributed by atoms with Crippen LogP contribution in [0.2, 0.25) is 0 Å². The molecule has 0 radical (unpaired) electrons. The molecule has 1 fully saturated rings. The number of benzene rings is 1. The second-order valence-corrected chi connectivity index (χ2v) is 5.97. The second kappa shape index (κ2) is 6.66. The van der Waals surface area contributed by atoms with Crippen LogP contribution in [0.5, 0.6) is 0 Å². The monoisotopic (exact) mass is 331 g/mol. The van der Waals surface area contributed by atoms with Crippen LogP contribution in [0.15, 0.2) is 18.2 Å². The molecule has 126 valence electrons. The molecule has 1 amide bonds. The molecule has 1 N–H and O–H groups in total. The fourth-order valence-corrected chi connectivity index (χ4v) is 2.41. The molecule has 8 nitrogen and oxygen atoms in total. The van der Waals surface area contributed by atoms with Crippen molar-refractivity contribution >= 4 is 17.6 Å². The van der Waals surface area contributed by atoms with Crippen LogP contribution in [0, 0.1) is 34.3 Å². The van der Waals surface area contributed by atoms with Gasteiger partial charge in [0.25, 0.3) is 11.6 Å². The number of hydrogen-bond donors (Lipinski definition) is 1. The van der Waals surface area contributed by atoms with Gasteiger partial charge in [-0.1, -0.05) is 0 Å². The summed E-state index contributed by atoms with van der Waals surface area (Å²) in [5, 5.41) is 22.5. The zero-order valence-electron chi connectivity index (χ0n) is 13.4. The Balaban J connectivity index is 1.93. The molecule has 0 aromatic heterocycles. The van der Waals surface area contributed by atoms with Crippen molar-refractivity contribution in [1.29, 1.82) is 5.26 Å². The molecule has 1 saturated carbocycles. The number of aryl methyl sites for hydroxylation is 1. The Labute approximate surface area is 138 Å². The normalized spacial score (nSPS) is 15.7. The van der Waals surface area contributed by atoms with Gasteiger partial charge in [-0.15, -0.1) is 0 Å². The fourth-order valence-electron chi connectivity index (χ4n) is 2.41. The number of nitrogens with zero attached hydrogens (tertiary/aromatic N) is 2. The van der Waals surface area contributed by atoms with E-state index >= 15 is 0 Å². The van der Waals surface area contributed by atoms with E-state index in [1.807, 2.05) is 0 Å². The van der Waals surface area contributed by atoms with Gasteiger partial charge in [-0.25, -0.2) is 4.79 Å². The van der Waals surface area contributed by atoms with Gasteiger partial charge >= 0.3 is 5.97 Å². The lowest BCUT2D eigenvalue weighted by molar-refractivity contribution is -0.385. The molecule has 8 heteroatoms. The standard InChI is InChI=1S/C16H17N3O5/c1-10-7-11(3-6-13(10)19(22)23)15(21)24-8-14(20)18-16(2,9-17)12-4-5-12/h3,6-7,12H,4-5,8H2,1-2H3,(H,18,20)/t16-/m0/s1. The van der Waals surface area contributed by atoms with Crippen molar-refractivity contribution in [2.75, 3.05) is 6.61 Å². The average molecular weight is 331 g/mol. The number of rotatable bonds is 6. The van der Waals surface area contributed by atoms with Gasteiger partial charge in [0.15, 0.2) is 6.61 Å². The molecule has 0 aliphatic heterocycles. The molecule has 1 aliphatic rings. The van der Waals surface area contributed by atoms with E-state index in [2.05, 4.69) is 11.4 Å². The van der Waals surface area contributed by atoms with Crippen molar-refractivity contribution < 1.29 is 19.2 Å². The molecule has 1 aliphatic carbocycles. The number of nitriles is 1. The highest BCUT2D eigenvalue weighted by atomic mass is 16.6. The first kappa shape index (κ1) is 17.4. The zero-order valence-corrected chi connectivity index (χ0v) is 13.4. The second-order valence-electron chi connectivity index (χ2n) is 5.97. The van der Waals surface area contributed by atoms with Gasteiger partial charge in [0.05, 0.1) is 16.6 Å². The van der Waals surface area contributed by atoms with Gasteiger partial charge in [-0.05, 0) is 44.7 Å². The van der Waals surface area contributed by atoms with Crippen LogP contribution in [0.4, 0.5) is 5.69 Å². The van der Waals surface area contributed by atoms with E-state index in [1.54, 1.807) is 6.92 Å². The summed E-state index contributed by atoms with van der Waals surface area (Å²) < 4.78 is 4.91. The highest BCUT2D eigenvalue weighted by molar-refractivity contribution is 5.92. The summed E-state index contributed by atoms with van der Waals surface area (Å²) in [4.78, 5) is 34.0. The number of amides is 1. The minimum atomic E-state index is -0.951. The van der Waals surface area contributed by atoms with Crippen molar-refractivity contribution in [3.63, 3.8) is 0 Å². The van der Waals surface area contributed by atoms with E-state index in [1.165, 1.54) is 25.1 Å². The summed E-state index contributed by atoms with van der Waals surface area (Å²) in [6.45, 7) is 2.64. The van der Waals surface area contributed by atoms with Gasteiger partial charge in [0.1, 0.15) is 5.54 Å². The summed E-state index contributed by atoms with van der Waals surface area (Å²) in [5.74, 6) is -1.19. The van der Waals surface area contributed by atoms with Gasteiger partial charge in [-0.2, -0.15) is 5.26 Å².